The number of carbonyl (C=O) groups excluding carboxylic acids is 2. The Morgan fingerprint density at radius 2 is 1.61 bits per heavy atom. The molecule has 3 aromatic carbocycles. The Labute approximate surface area is 219 Å². The van der Waals surface area contributed by atoms with E-state index in [2.05, 4.69) is 25.2 Å². The number of nitrogens with zero attached hydrogens (tertiary/aromatic N) is 1. The van der Waals surface area contributed by atoms with E-state index in [0.717, 1.165) is 47.9 Å². The molecule has 1 atom stereocenters. The second kappa shape index (κ2) is 12.2. The summed E-state index contributed by atoms with van der Waals surface area (Å²) < 4.78 is 0. The fourth-order valence-electron chi connectivity index (χ4n) is 4.92. The molecule has 5 heteroatoms. The minimum atomic E-state index is -0.636. The van der Waals surface area contributed by atoms with Crippen LogP contribution in [0.3, 0.4) is 0 Å². The average Bonchev–Trinajstić information content (AvgIpc) is 3.38. The first-order chi connectivity index (χ1) is 17.4. The van der Waals surface area contributed by atoms with Gasteiger partial charge in [0.1, 0.15) is 6.04 Å². The molecule has 1 fully saturated rings. The summed E-state index contributed by atoms with van der Waals surface area (Å²) in [5.41, 5.74) is 5.14. The largest absolute Gasteiger partial charge is 0.352 e. The lowest BCUT2D eigenvalue weighted by Crippen LogP contribution is -2.52. The van der Waals surface area contributed by atoms with Gasteiger partial charge in [-0.2, -0.15) is 0 Å². The Kier molecular flexibility index (Phi) is 8.82. The van der Waals surface area contributed by atoms with Crippen LogP contribution in [0, 0.1) is 13.8 Å². The van der Waals surface area contributed by atoms with Gasteiger partial charge < -0.3 is 10.2 Å². The molecule has 1 saturated carbocycles. The number of amides is 2. The highest BCUT2D eigenvalue weighted by atomic mass is 35.5. The topological polar surface area (TPSA) is 49.4 Å². The summed E-state index contributed by atoms with van der Waals surface area (Å²) in [6.45, 7) is 4.39. The zero-order valence-corrected chi connectivity index (χ0v) is 21.9. The second-order valence-corrected chi connectivity index (χ2v) is 10.3. The summed E-state index contributed by atoms with van der Waals surface area (Å²) in [6, 6.07) is 23.1. The number of rotatable bonds is 9. The molecule has 36 heavy (non-hydrogen) atoms. The van der Waals surface area contributed by atoms with Crippen LogP contribution in [0.4, 0.5) is 0 Å². The summed E-state index contributed by atoms with van der Waals surface area (Å²) in [5.74, 6) is -0.174. The third-order valence-electron chi connectivity index (χ3n) is 7.20. The van der Waals surface area contributed by atoms with Crippen LogP contribution in [0.5, 0.6) is 0 Å². The number of nitrogens with one attached hydrogen (secondary N) is 1. The summed E-state index contributed by atoms with van der Waals surface area (Å²) in [5, 5.41) is 3.84. The van der Waals surface area contributed by atoms with Crippen LogP contribution in [0.25, 0.3) is 0 Å². The first-order valence-corrected chi connectivity index (χ1v) is 13.2. The molecule has 1 N–H and O–H groups in total. The van der Waals surface area contributed by atoms with E-state index in [0.29, 0.717) is 11.4 Å². The van der Waals surface area contributed by atoms with E-state index >= 15 is 0 Å². The Morgan fingerprint density at radius 3 is 2.31 bits per heavy atom. The lowest BCUT2D eigenvalue weighted by atomic mass is 10.00. The van der Waals surface area contributed by atoms with Crippen molar-refractivity contribution in [3.05, 3.63) is 106 Å². The molecule has 3 aromatic rings. The highest BCUT2D eigenvalue weighted by molar-refractivity contribution is 6.31. The fraction of sp³-hybridized carbons (Fsp3) is 0.355. The van der Waals surface area contributed by atoms with Gasteiger partial charge in [-0.25, -0.2) is 0 Å². The maximum Gasteiger partial charge on any atom is 0.243 e. The van der Waals surface area contributed by atoms with E-state index in [4.69, 9.17) is 11.6 Å². The van der Waals surface area contributed by atoms with E-state index in [1.165, 1.54) is 5.56 Å². The Bertz CT molecular complexity index is 1190. The maximum atomic E-state index is 13.9. The summed E-state index contributed by atoms with van der Waals surface area (Å²) in [4.78, 5) is 29.4. The van der Waals surface area contributed by atoms with Gasteiger partial charge in [0.05, 0.1) is 6.42 Å². The molecular formula is C31H35ClN2O2. The second-order valence-electron chi connectivity index (χ2n) is 9.90. The van der Waals surface area contributed by atoms with E-state index in [1.807, 2.05) is 66.7 Å². The minimum absolute atomic E-state index is 0.0827. The standard InChI is InChI=1S/C31H35ClN2O2/c1-22-16-17-25(18-23(22)2)20-30(35)34(21-26-12-6-9-15-28(26)32)29(19-24-10-4-3-5-11-24)31(36)33-27-13-7-8-14-27/h3-6,9-12,15-18,27,29H,7-8,13-14,19-21H2,1-2H3,(H,33,36)/t29-/m0/s1. The molecule has 0 bridgehead atoms. The fourth-order valence-corrected chi connectivity index (χ4v) is 5.12. The number of halogens is 1. The predicted molar refractivity (Wildman–Crippen MR) is 146 cm³/mol. The number of aryl methyl sites for hydroxylation is 2. The monoisotopic (exact) mass is 502 g/mol. The molecule has 0 aliphatic heterocycles. The van der Waals surface area contributed by atoms with Crippen LogP contribution < -0.4 is 5.32 Å². The van der Waals surface area contributed by atoms with E-state index in [1.54, 1.807) is 4.90 Å². The number of hydrogen-bond acceptors (Lipinski definition) is 2. The molecule has 4 rings (SSSR count). The lowest BCUT2D eigenvalue weighted by molar-refractivity contribution is -0.141. The first-order valence-electron chi connectivity index (χ1n) is 12.8. The molecule has 0 unspecified atom stereocenters. The van der Waals surface area contributed by atoms with Crippen molar-refractivity contribution >= 4 is 23.4 Å². The lowest BCUT2D eigenvalue weighted by Gasteiger charge is -2.32. The molecule has 188 valence electrons. The Balaban J connectivity index is 1.67. The van der Waals surface area contributed by atoms with Gasteiger partial charge in [-0.15, -0.1) is 0 Å². The Hall–Kier alpha value is -3.11. The third-order valence-corrected chi connectivity index (χ3v) is 7.57. The first kappa shape index (κ1) is 26.0. The molecule has 4 nitrogen and oxygen atoms in total. The SMILES string of the molecule is Cc1ccc(CC(=O)N(Cc2ccccc2Cl)[C@@H](Cc2ccccc2)C(=O)NC2CCCC2)cc1C. The van der Waals surface area contributed by atoms with Gasteiger partial charge in [-0.3, -0.25) is 9.59 Å². The average molecular weight is 503 g/mol. The minimum Gasteiger partial charge on any atom is -0.352 e. The molecule has 1 aliphatic rings. The molecule has 0 spiro atoms. The van der Waals surface area contributed by atoms with Crippen molar-refractivity contribution in [2.24, 2.45) is 0 Å². The molecule has 0 aromatic heterocycles. The van der Waals surface area contributed by atoms with Crippen LogP contribution in [-0.4, -0.2) is 28.8 Å². The highest BCUT2D eigenvalue weighted by Crippen LogP contribution is 2.23. The van der Waals surface area contributed by atoms with Crippen molar-refractivity contribution in [2.45, 2.75) is 71.0 Å². The van der Waals surface area contributed by atoms with Crippen LogP contribution in [0.1, 0.15) is 53.5 Å². The van der Waals surface area contributed by atoms with Gasteiger partial charge in [0.2, 0.25) is 11.8 Å². The smallest absolute Gasteiger partial charge is 0.243 e. The number of hydrogen-bond donors (Lipinski definition) is 1. The highest BCUT2D eigenvalue weighted by Gasteiger charge is 2.32. The van der Waals surface area contributed by atoms with Gasteiger partial charge in [0.25, 0.3) is 0 Å². The normalized spacial score (nSPS) is 14.4. The molecule has 0 saturated heterocycles. The number of benzene rings is 3. The van der Waals surface area contributed by atoms with Crippen molar-refractivity contribution < 1.29 is 9.59 Å². The van der Waals surface area contributed by atoms with Crippen molar-refractivity contribution in [1.82, 2.24) is 10.2 Å². The van der Waals surface area contributed by atoms with Crippen molar-refractivity contribution in [1.29, 1.82) is 0 Å². The van der Waals surface area contributed by atoms with Crippen molar-refractivity contribution in [2.75, 3.05) is 0 Å². The summed E-state index contributed by atoms with van der Waals surface area (Å²) in [7, 11) is 0. The van der Waals surface area contributed by atoms with Gasteiger partial charge in [0, 0.05) is 24.0 Å². The molecule has 0 heterocycles. The van der Waals surface area contributed by atoms with Gasteiger partial charge >= 0.3 is 0 Å². The summed E-state index contributed by atoms with van der Waals surface area (Å²) >= 11 is 6.51. The Morgan fingerprint density at radius 1 is 0.917 bits per heavy atom. The van der Waals surface area contributed by atoms with E-state index in [-0.39, 0.29) is 30.8 Å². The van der Waals surface area contributed by atoms with E-state index < -0.39 is 6.04 Å². The zero-order chi connectivity index (χ0) is 25.5. The van der Waals surface area contributed by atoms with Crippen molar-refractivity contribution in [3.63, 3.8) is 0 Å². The molecular weight excluding hydrogens is 468 g/mol. The maximum absolute atomic E-state index is 13.9. The van der Waals surface area contributed by atoms with Gasteiger partial charge in [0.15, 0.2) is 0 Å². The molecule has 2 amide bonds. The van der Waals surface area contributed by atoms with Crippen LogP contribution in [-0.2, 0) is 29.0 Å². The van der Waals surface area contributed by atoms with Crippen molar-refractivity contribution in [3.8, 4) is 0 Å². The zero-order valence-electron chi connectivity index (χ0n) is 21.2. The van der Waals surface area contributed by atoms with E-state index in [9.17, 15) is 9.59 Å². The summed E-state index contributed by atoms with van der Waals surface area (Å²) in [6.07, 6.45) is 4.92. The van der Waals surface area contributed by atoms with Crippen LogP contribution >= 0.6 is 11.6 Å². The predicted octanol–water partition coefficient (Wildman–Crippen LogP) is 6.20. The molecule has 1 aliphatic carbocycles. The quantitative estimate of drug-likeness (QED) is 0.379. The molecule has 0 radical (unpaired) electrons. The third kappa shape index (κ3) is 6.76. The van der Waals surface area contributed by atoms with Crippen LogP contribution in [0.2, 0.25) is 5.02 Å². The number of carbonyl (C=O) groups is 2. The van der Waals surface area contributed by atoms with Gasteiger partial charge in [-0.1, -0.05) is 91.2 Å². The van der Waals surface area contributed by atoms with Gasteiger partial charge in [-0.05, 0) is 60.6 Å². The van der Waals surface area contributed by atoms with Crippen LogP contribution in [0.15, 0.2) is 72.8 Å².